The number of anilines is 1. The van der Waals surface area contributed by atoms with E-state index in [0.29, 0.717) is 12.3 Å². The van der Waals surface area contributed by atoms with Gasteiger partial charge in [0.1, 0.15) is 22.3 Å². The van der Waals surface area contributed by atoms with Crippen molar-refractivity contribution in [1.29, 1.82) is 0 Å². The maximum Gasteiger partial charge on any atom is 0.266 e. The maximum absolute atomic E-state index is 13.5. The van der Waals surface area contributed by atoms with Crippen LogP contribution >= 0.6 is 15.9 Å². The van der Waals surface area contributed by atoms with Crippen LogP contribution in [-0.2, 0) is 16.6 Å². The number of sulfonamides is 1. The van der Waals surface area contributed by atoms with Gasteiger partial charge in [-0.15, -0.1) is 0 Å². The van der Waals surface area contributed by atoms with Crippen molar-refractivity contribution in [2.75, 3.05) is 11.8 Å². The van der Waals surface area contributed by atoms with E-state index in [-0.39, 0.29) is 9.56 Å². The fourth-order valence-corrected chi connectivity index (χ4v) is 3.67. The van der Waals surface area contributed by atoms with Gasteiger partial charge in [-0.1, -0.05) is 0 Å². The Morgan fingerprint density at radius 2 is 2.00 bits per heavy atom. The molecule has 0 aliphatic rings. The van der Waals surface area contributed by atoms with Crippen LogP contribution < -0.4 is 10.0 Å². The van der Waals surface area contributed by atoms with Crippen LogP contribution in [0.3, 0.4) is 0 Å². The third-order valence-corrected chi connectivity index (χ3v) is 4.74. The summed E-state index contributed by atoms with van der Waals surface area (Å²) in [5, 5.41) is 2.80. The van der Waals surface area contributed by atoms with Gasteiger partial charge in [-0.05, 0) is 35.1 Å². The fraction of sp³-hybridized carbons (Fsp3) is 0.167. The molecule has 9 heteroatoms. The second-order valence-corrected chi connectivity index (χ2v) is 6.48. The van der Waals surface area contributed by atoms with Gasteiger partial charge in [0.2, 0.25) is 0 Å². The van der Waals surface area contributed by atoms with Gasteiger partial charge in [0.25, 0.3) is 10.0 Å². The van der Waals surface area contributed by atoms with E-state index in [1.807, 2.05) is 4.72 Å². The van der Waals surface area contributed by atoms with Gasteiger partial charge in [0, 0.05) is 12.1 Å². The molecule has 0 fully saturated rings. The standard InChI is InChI=1S/C12H11BrF2N2O3S/c1-16-6-8-5-11(12(13)20-8)21(18,19)17-10-4-7(14)2-3-9(10)15/h2-5,16-17H,6H2,1H3. The first kappa shape index (κ1) is 15.9. The summed E-state index contributed by atoms with van der Waals surface area (Å²) in [7, 11) is -2.43. The Bertz CT molecular complexity index is 762. The molecule has 0 bridgehead atoms. The van der Waals surface area contributed by atoms with Crippen molar-refractivity contribution < 1.29 is 21.6 Å². The summed E-state index contributed by atoms with van der Waals surface area (Å²) in [6, 6.07) is 3.78. The van der Waals surface area contributed by atoms with Crippen LogP contribution in [0.15, 0.2) is 38.2 Å². The second-order valence-electron chi connectivity index (χ2n) is 4.11. The van der Waals surface area contributed by atoms with Crippen LogP contribution in [0.4, 0.5) is 14.5 Å². The lowest BCUT2D eigenvalue weighted by molar-refractivity contribution is 0.470. The molecule has 0 aliphatic heterocycles. The summed E-state index contributed by atoms with van der Waals surface area (Å²) >= 11 is 2.99. The Morgan fingerprint density at radius 3 is 2.67 bits per heavy atom. The predicted octanol–water partition coefficient (Wildman–Crippen LogP) is 2.84. The summed E-state index contributed by atoms with van der Waals surface area (Å²) in [6.45, 7) is 0.322. The topological polar surface area (TPSA) is 71.3 Å². The molecule has 0 atom stereocenters. The Balaban J connectivity index is 2.36. The molecule has 21 heavy (non-hydrogen) atoms. The number of hydrogen-bond acceptors (Lipinski definition) is 4. The van der Waals surface area contributed by atoms with E-state index >= 15 is 0 Å². The molecule has 2 aromatic rings. The molecule has 0 saturated carbocycles. The zero-order valence-corrected chi connectivity index (χ0v) is 13.2. The van der Waals surface area contributed by atoms with Crippen LogP contribution in [0.25, 0.3) is 0 Å². The molecule has 0 unspecified atom stereocenters. The van der Waals surface area contributed by atoms with Crippen molar-refractivity contribution in [2.45, 2.75) is 11.4 Å². The lowest BCUT2D eigenvalue weighted by Crippen LogP contribution is -2.14. The number of hydrogen-bond donors (Lipinski definition) is 2. The van der Waals surface area contributed by atoms with Crippen molar-refractivity contribution in [3.8, 4) is 0 Å². The number of benzene rings is 1. The third-order valence-electron chi connectivity index (χ3n) is 2.52. The molecule has 0 aliphatic carbocycles. The minimum absolute atomic E-state index is 0.0166. The summed E-state index contributed by atoms with van der Waals surface area (Å²) in [5.41, 5.74) is -0.474. The molecule has 0 radical (unpaired) electrons. The monoisotopic (exact) mass is 380 g/mol. The van der Waals surface area contributed by atoms with Gasteiger partial charge >= 0.3 is 0 Å². The first-order valence-electron chi connectivity index (χ1n) is 5.74. The molecule has 1 heterocycles. The zero-order chi connectivity index (χ0) is 15.6. The van der Waals surface area contributed by atoms with Gasteiger partial charge < -0.3 is 9.73 Å². The molecule has 2 N–H and O–H groups in total. The highest BCUT2D eigenvalue weighted by molar-refractivity contribution is 9.10. The molecule has 0 amide bonds. The first-order chi connectivity index (χ1) is 9.83. The zero-order valence-electron chi connectivity index (χ0n) is 10.8. The van der Waals surface area contributed by atoms with E-state index in [1.54, 1.807) is 7.05 Å². The quantitative estimate of drug-likeness (QED) is 0.836. The number of furan rings is 1. The molecule has 1 aromatic carbocycles. The van der Waals surface area contributed by atoms with Gasteiger partial charge in [-0.2, -0.15) is 0 Å². The van der Waals surface area contributed by atoms with E-state index in [1.165, 1.54) is 6.07 Å². The Kier molecular flexibility index (Phi) is 4.64. The van der Waals surface area contributed by atoms with Crippen molar-refractivity contribution in [3.63, 3.8) is 0 Å². The Morgan fingerprint density at radius 1 is 1.29 bits per heavy atom. The van der Waals surface area contributed by atoms with Gasteiger partial charge in [-0.25, -0.2) is 17.2 Å². The molecule has 0 saturated heterocycles. The lowest BCUT2D eigenvalue weighted by atomic mass is 10.3. The number of rotatable bonds is 5. The normalized spacial score (nSPS) is 11.6. The van der Waals surface area contributed by atoms with E-state index in [2.05, 4.69) is 21.2 Å². The van der Waals surface area contributed by atoms with Crippen LogP contribution in [-0.4, -0.2) is 15.5 Å². The summed E-state index contributed by atoms with van der Waals surface area (Å²) < 4.78 is 58.1. The highest BCUT2D eigenvalue weighted by Crippen LogP contribution is 2.28. The fourth-order valence-electron chi connectivity index (χ4n) is 1.62. The number of halogens is 3. The molecule has 2 rings (SSSR count). The highest BCUT2D eigenvalue weighted by atomic mass is 79.9. The smallest absolute Gasteiger partial charge is 0.266 e. The third kappa shape index (κ3) is 3.60. The largest absolute Gasteiger partial charge is 0.451 e. The van der Waals surface area contributed by atoms with E-state index in [4.69, 9.17) is 4.42 Å². The van der Waals surface area contributed by atoms with E-state index in [9.17, 15) is 17.2 Å². The average Bonchev–Trinajstić information content (AvgIpc) is 2.76. The minimum Gasteiger partial charge on any atom is -0.451 e. The maximum atomic E-state index is 13.5. The summed E-state index contributed by atoms with van der Waals surface area (Å²) in [4.78, 5) is -0.198. The molecule has 114 valence electrons. The van der Waals surface area contributed by atoms with Gasteiger partial charge in [0.05, 0.1) is 12.2 Å². The van der Waals surface area contributed by atoms with Crippen molar-refractivity contribution in [2.24, 2.45) is 0 Å². The predicted molar refractivity (Wildman–Crippen MR) is 76.3 cm³/mol. The molecular formula is C12H11BrF2N2O3S. The first-order valence-corrected chi connectivity index (χ1v) is 8.02. The Labute approximate surface area is 128 Å². The molecular weight excluding hydrogens is 370 g/mol. The van der Waals surface area contributed by atoms with Crippen LogP contribution in [0, 0.1) is 11.6 Å². The van der Waals surface area contributed by atoms with Crippen molar-refractivity contribution in [1.82, 2.24) is 5.32 Å². The van der Waals surface area contributed by atoms with Gasteiger partial charge in [0.15, 0.2) is 4.67 Å². The lowest BCUT2D eigenvalue weighted by Gasteiger charge is -2.07. The Hall–Kier alpha value is -1.45. The minimum atomic E-state index is -4.11. The SMILES string of the molecule is CNCc1cc(S(=O)(=O)Nc2cc(F)ccc2F)c(Br)o1. The van der Waals surface area contributed by atoms with Crippen molar-refractivity contribution in [3.05, 3.63) is 46.3 Å². The van der Waals surface area contributed by atoms with Crippen molar-refractivity contribution >= 4 is 31.6 Å². The summed E-state index contributed by atoms with van der Waals surface area (Å²) in [5.74, 6) is -1.25. The van der Waals surface area contributed by atoms with Crippen LogP contribution in [0.1, 0.15) is 5.76 Å². The highest BCUT2D eigenvalue weighted by Gasteiger charge is 2.23. The molecule has 5 nitrogen and oxygen atoms in total. The van der Waals surface area contributed by atoms with E-state index in [0.717, 1.165) is 18.2 Å². The molecule has 0 spiro atoms. The van der Waals surface area contributed by atoms with E-state index < -0.39 is 27.3 Å². The van der Waals surface area contributed by atoms with Crippen LogP contribution in [0.2, 0.25) is 0 Å². The van der Waals surface area contributed by atoms with Gasteiger partial charge in [-0.3, -0.25) is 4.72 Å². The van der Waals surface area contributed by atoms with Crippen LogP contribution in [0.5, 0.6) is 0 Å². The average molecular weight is 381 g/mol. The number of nitrogens with one attached hydrogen (secondary N) is 2. The summed E-state index contributed by atoms with van der Waals surface area (Å²) in [6.07, 6.45) is 0. The molecule has 1 aromatic heterocycles. The second kappa shape index (κ2) is 6.12.